The van der Waals surface area contributed by atoms with Crippen LogP contribution in [0.25, 0.3) is 10.2 Å². The van der Waals surface area contributed by atoms with E-state index in [1.165, 1.54) is 16.9 Å². The van der Waals surface area contributed by atoms with Gasteiger partial charge in [0.05, 0.1) is 16.8 Å². The second-order valence-electron chi connectivity index (χ2n) is 7.44. The lowest BCUT2D eigenvalue weighted by atomic mass is 10.2. The minimum Gasteiger partial charge on any atom is -0.381 e. The van der Waals surface area contributed by atoms with E-state index < -0.39 is 0 Å². The third kappa shape index (κ3) is 5.57. The van der Waals surface area contributed by atoms with Crippen molar-refractivity contribution in [3.8, 4) is 0 Å². The van der Waals surface area contributed by atoms with Gasteiger partial charge in [-0.2, -0.15) is 0 Å². The zero-order chi connectivity index (χ0) is 20.9. The van der Waals surface area contributed by atoms with Gasteiger partial charge in [0.2, 0.25) is 5.91 Å². The number of benzene rings is 2. The Kier molecular flexibility index (Phi) is 6.99. The van der Waals surface area contributed by atoms with Crippen molar-refractivity contribution in [3.05, 3.63) is 52.5 Å². The van der Waals surface area contributed by atoms with Gasteiger partial charge in [-0.05, 0) is 42.4 Å². The smallest absolute Gasteiger partial charge is 0.240 e. The Morgan fingerprint density at radius 1 is 1.10 bits per heavy atom. The molecule has 0 saturated carbocycles. The topological polar surface area (TPSA) is 60.5 Å². The number of fused-ring (bicyclic) bond motifs is 1. The van der Waals surface area contributed by atoms with Gasteiger partial charge in [0.1, 0.15) is 0 Å². The molecule has 4 rings (SSSR count). The minimum absolute atomic E-state index is 0.00703. The number of piperazine rings is 1. The number of nitrogens with zero attached hydrogens (tertiary/aromatic N) is 3. The van der Waals surface area contributed by atoms with Crippen LogP contribution in [0, 0.1) is 0 Å². The van der Waals surface area contributed by atoms with Crippen LogP contribution in [0.3, 0.4) is 0 Å². The van der Waals surface area contributed by atoms with E-state index in [0.717, 1.165) is 59.6 Å². The molecule has 1 fully saturated rings. The van der Waals surface area contributed by atoms with Gasteiger partial charge in [0.15, 0.2) is 5.13 Å². The zero-order valence-corrected chi connectivity index (χ0v) is 19.4. The number of anilines is 2. The summed E-state index contributed by atoms with van der Waals surface area (Å²) >= 11 is 4.97. The number of aromatic nitrogens is 1. The van der Waals surface area contributed by atoms with Crippen molar-refractivity contribution in [2.24, 2.45) is 0 Å². The first-order valence-electron chi connectivity index (χ1n) is 10.2. The normalized spacial score (nSPS) is 15.4. The molecule has 1 amide bonds. The van der Waals surface area contributed by atoms with Crippen LogP contribution in [-0.4, -0.2) is 60.0 Å². The predicted octanol–water partition coefficient (Wildman–Crippen LogP) is 4.25. The van der Waals surface area contributed by atoms with Crippen molar-refractivity contribution < 1.29 is 4.79 Å². The Bertz CT molecular complexity index is 998. The summed E-state index contributed by atoms with van der Waals surface area (Å²) in [7, 11) is 0. The monoisotopic (exact) mass is 487 g/mol. The average molecular weight is 488 g/mol. The minimum atomic E-state index is 0.00703. The Hall–Kier alpha value is -2.00. The summed E-state index contributed by atoms with van der Waals surface area (Å²) in [5, 5.41) is 7.08. The molecule has 0 bridgehead atoms. The van der Waals surface area contributed by atoms with Gasteiger partial charge in [-0.25, -0.2) is 4.98 Å². The highest BCUT2D eigenvalue weighted by Gasteiger charge is 2.18. The van der Waals surface area contributed by atoms with Gasteiger partial charge in [0, 0.05) is 42.9 Å². The molecule has 30 heavy (non-hydrogen) atoms. The van der Waals surface area contributed by atoms with E-state index in [4.69, 9.17) is 0 Å². The van der Waals surface area contributed by atoms with Crippen molar-refractivity contribution in [2.75, 3.05) is 49.9 Å². The highest BCUT2D eigenvalue weighted by Crippen LogP contribution is 2.28. The van der Waals surface area contributed by atoms with E-state index >= 15 is 0 Å². The Balaban J connectivity index is 1.33. The van der Waals surface area contributed by atoms with E-state index in [-0.39, 0.29) is 5.91 Å². The number of carbonyl (C=O) groups excluding carboxylic acids is 1. The number of halogens is 1. The number of likely N-dealkylation sites (N-methyl/N-ethyl adjacent to an activating group) is 1. The first-order valence-corrected chi connectivity index (χ1v) is 11.8. The molecule has 1 aromatic heterocycles. The van der Waals surface area contributed by atoms with Crippen LogP contribution in [-0.2, 0) is 11.3 Å². The summed E-state index contributed by atoms with van der Waals surface area (Å²) in [5.74, 6) is 0.00703. The van der Waals surface area contributed by atoms with Gasteiger partial charge < -0.3 is 15.5 Å². The summed E-state index contributed by atoms with van der Waals surface area (Å²) < 4.78 is 2.14. The maximum absolute atomic E-state index is 12.4. The van der Waals surface area contributed by atoms with Gasteiger partial charge >= 0.3 is 0 Å². The lowest BCUT2D eigenvalue weighted by molar-refractivity contribution is -0.117. The van der Waals surface area contributed by atoms with E-state index in [0.29, 0.717) is 11.7 Å². The molecule has 6 nitrogen and oxygen atoms in total. The molecular weight excluding hydrogens is 462 g/mol. The van der Waals surface area contributed by atoms with Crippen LogP contribution in [0.15, 0.2) is 46.9 Å². The number of carbonyl (C=O) groups is 1. The second-order valence-corrected chi connectivity index (χ2v) is 9.39. The number of rotatable bonds is 7. The molecule has 0 spiro atoms. The van der Waals surface area contributed by atoms with Gasteiger partial charge in [-0.1, -0.05) is 46.3 Å². The summed E-state index contributed by atoms with van der Waals surface area (Å²) in [4.78, 5) is 21.6. The SMILES string of the molecule is CCN1CCN(CC(=O)Nc2nc3ccc(NCc4ccc(Br)cc4)cc3s2)CC1. The van der Waals surface area contributed by atoms with Crippen LogP contribution in [0.5, 0.6) is 0 Å². The van der Waals surface area contributed by atoms with Crippen molar-refractivity contribution >= 4 is 54.2 Å². The van der Waals surface area contributed by atoms with Crippen LogP contribution in [0.1, 0.15) is 12.5 Å². The van der Waals surface area contributed by atoms with Gasteiger partial charge in [-0.15, -0.1) is 0 Å². The summed E-state index contributed by atoms with van der Waals surface area (Å²) in [6.07, 6.45) is 0. The maximum Gasteiger partial charge on any atom is 0.240 e. The number of amides is 1. The fourth-order valence-electron chi connectivity index (χ4n) is 3.52. The van der Waals surface area contributed by atoms with Crippen LogP contribution < -0.4 is 10.6 Å². The molecule has 3 aromatic rings. The molecule has 1 aliphatic rings. The van der Waals surface area contributed by atoms with E-state index in [2.05, 4.69) is 66.5 Å². The predicted molar refractivity (Wildman–Crippen MR) is 128 cm³/mol. The fraction of sp³-hybridized carbons (Fsp3) is 0.364. The average Bonchev–Trinajstić information content (AvgIpc) is 3.15. The first kappa shape index (κ1) is 21.2. The largest absolute Gasteiger partial charge is 0.381 e. The third-order valence-electron chi connectivity index (χ3n) is 5.32. The number of hydrogen-bond donors (Lipinski definition) is 2. The molecule has 0 aliphatic carbocycles. The first-order chi connectivity index (χ1) is 14.6. The third-order valence-corrected chi connectivity index (χ3v) is 6.79. The van der Waals surface area contributed by atoms with Crippen molar-refractivity contribution in [2.45, 2.75) is 13.5 Å². The molecule has 2 aromatic carbocycles. The number of thiazole rings is 1. The molecule has 0 atom stereocenters. The highest BCUT2D eigenvalue weighted by atomic mass is 79.9. The molecule has 8 heteroatoms. The lowest BCUT2D eigenvalue weighted by Crippen LogP contribution is -2.48. The Labute approximate surface area is 189 Å². The van der Waals surface area contributed by atoms with Crippen molar-refractivity contribution in [1.29, 1.82) is 0 Å². The molecule has 2 N–H and O–H groups in total. The van der Waals surface area contributed by atoms with E-state index in [9.17, 15) is 4.79 Å². The summed E-state index contributed by atoms with van der Waals surface area (Å²) in [6, 6.07) is 14.4. The van der Waals surface area contributed by atoms with Crippen LogP contribution in [0.4, 0.5) is 10.8 Å². The van der Waals surface area contributed by atoms with Crippen molar-refractivity contribution in [1.82, 2.24) is 14.8 Å². The molecule has 0 unspecified atom stereocenters. The number of hydrogen-bond acceptors (Lipinski definition) is 6. The molecule has 1 aliphatic heterocycles. The summed E-state index contributed by atoms with van der Waals surface area (Å²) in [5.41, 5.74) is 3.16. The quantitative estimate of drug-likeness (QED) is 0.521. The van der Waals surface area contributed by atoms with E-state index in [1.54, 1.807) is 0 Å². The standard InChI is InChI=1S/C22H26BrN5OS/c1-2-27-9-11-28(12-10-27)15-21(29)26-22-25-19-8-7-18(13-20(19)30-22)24-14-16-3-5-17(23)6-4-16/h3-8,13,24H,2,9-12,14-15H2,1H3,(H,25,26,29). The molecular formula is C22H26BrN5OS. The molecule has 158 valence electrons. The second kappa shape index (κ2) is 9.87. The Morgan fingerprint density at radius 3 is 2.57 bits per heavy atom. The lowest BCUT2D eigenvalue weighted by Gasteiger charge is -2.33. The van der Waals surface area contributed by atoms with Crippen LogP contribution >= 0.6 is 27.3 Å². The molecule has 1 saturated heterocycles. The van der Waals surface area contributed by atoms with Gasteiger partial charge in [0.25, 0.3) is 0 Å². The van der Waals surface area contributed by atoms with E-state index in [1.807, 2.05) is 24.3 Å². The maximum atomic E-state index is 12.4. The fourth-order valence-corrected chi connectivity index (χ4v) is 4.71. The zero-order valence-electron chi connectivity index (χ0n) is 17.0. The Morgan fingerprint density at radius 2 is 1.83 bits per heavy atom. The highest BCUT2D eigenvalue weighted by molar-refractivity contribution is 9.10. The van der Waals surface area contributed by atoms with Crippen molar-refractivity contribution in [3.63, 3.8) is 0 Å². The number of nitrogens with one attached hydrogen (secondary N) is 2. The molecule has 0 radical (unpaired) electrons. The summed E-state index contributed by atoms with van der Waals surface area (Å²) in [6.45, 7) is 8.37. The molecule has 2 heterocycles. The van der Waals surface area contributed by atoms with Gasteiger partial charge in [-0.3, -0.25) is 9.69 Å². The van der Waals surface area contributed by atoms with Crippen LogP contribution in [0.2, 0.25) is 0 Å².